The van der Waals surface area contributed by atoms with E-state index in [1.165, 1.54) is 13.0 Å². The molecule has 10 atom stereocenters. The van der Waals surface area contributed by atoms with E-state index in [1.807, 2.05) is 22.9 Å². The van der Waals surface area contributed by atoms with Gasteiger partial charge >= 0.3 is 17.6 Å². The fraction of sp³-hybridized carbons (Fsp3) is 0.765. The van der Waals surface area contributed by atoms with Crippen LogP contribution in [-0.4, -0.2) is 91.3 Å². The van der Waals surface area contributed by atoms with Crippen molar-refractivity contribution in [2.45, 2.75) is 95.5 Å². The van der Waals surface area contributed by atoms with Crippen molar-refractivity contribution in [3.63, 3.8) is 0 Å². The number of fused-ring (bicyclic) bond motifs is 3. The number of urea groups is 1. The second-order valence-electron chi connectivity index (χ2n) is 15.2. The van der Waals surface area contributed by atoms with Gasteiger partial charge in [0.15, 0.2) is 0 Å². The van der Waals surface area contributed by atoms with Gasteiger partial charge in [-0.2, -0.15) is 0 Å². The predicted molar refractivity (Wildman–Crippen MR) is 164 cm³/mol. The van der Waals surface area contributed by atoms with Crippen LogP contribution in [0.4, 0.5) is 4.79 Å². The van der Waals surface area contributed by atoms with Crippen LogP contribution in [0.25, 0.3) is 0 Å². The van der Waals surface area contributed by atoms with Gasteiger partial charge in [0.25, 0.3) is 0 Å². The fourth-order valence-electron chi connectivity index (χ4n) is 10.9. The van der Waals surface area contributed by atoms with Gasteiger partial charge in [-0.3, -0.25) is 14.5 Å². The highest BCUT2D eigenvalue weighted by Gasteiger charge is 2.84. The number of hydrogen-bond acceptors (Lipinski definition) is 8. The smallest absolute Gasteiger partial charge is 0.335 e. The average molecular weight is 625 g/mol. The summed E-state index contributed by atoms with van der Waals surface area (Å²) in [5.74, 6) is 1.08. The molecule has 7 rings (SSSR count). The summed E-state index contributed by atoms with van der Waals surface area (Å²) in [4.78, 5) is 53.0. The van der Waals surface area contributed by atoms with Crippen LogP contribution in [0.2, 0.25) is 0 Å². The number of ether oxygens (including phenoxy) is 2. The Bertz CT molecular complexity index is 1400. The van der Waals surface area contributed by atoms with E-state index in [4.69, 9.17) is 13.9 Å². The number of hydrogen-bond donors (Lipinski definition) is 2. The molecule has 2 aliphatic heterocycles. The van der Waals surface area contributed by atoms with E-state index < -0.39 is 6.10 Å². The van der Waals surface area contributed by atoms with Gasteiger partial charge in [0, 0.05) is 56.5 Å². The Labute approximate surface area is 264 Å². The summed E-state index contributed by atoms with van der Waals surface area (Å²) in [6, 6.07) is 3.28. The molecule has 11 heteroatoms. The van der Waals surface area contributed by atoms with Crippen molar-refractivity contribution < 1.29 is 28.3 Å². The van der Waals surface area contributed by atoms with E-state index in [0.29, 0.717) is 43.9 Å². The molecule has 0 unspecified atom stereocenters. The molecule has 0 aromatic carbocycles. The van der Waals surface area contributed by atoms with Gasteiger partial charge in [-0.25, -0.2) is 9.59 Å². The molecule has 3 amide bonds. The summed E-state index contributed by atoms with van der Waals surface area (Å²) in [6.07, 6.45) is 8.13. The minimum Gasteiger partial charge on any atom is -0.459 e. The van der Waals surface area contributed by atoms with E-state index >= 15 is 0 Å². The zero-order valence-electron chi connectivity index (χ0n) is 27.0. The number of esters is 1. The Kier molecular flexibility index (Phi) is 7.58. The van der Waals surface area contributed by atoms with Gasteiger partial charge in [-0.1, -0.05) is 13.8 Å². The predicted octanol–water partition coefficient (Wildman–Crippen LogP) is 2.88. The highest BCUT2D eigenvalue weighted by molar-refractivity contribution is 5.79. The molecule has 1 aromatic rings. The molecule has 4 aliphatic carbocycles. The van der Waals surface area contributed by atoms with Gasteiger partial charge in [-0.05, 0) is 86.8 Å². The first-order valence-electron chi connectivity index (χ1n) is 16.9. The molecule has 6 aliphatic rings. The Hall–Kier alpha value is -2.92. The second kappa shape index (κ2) is 11.1. The standard InChI is InChI=1S/C34H48N4O7/c1-20(39)44-29-28(21-5-8-27(41)43-19-21)33(3)12-10-24-25(34(33)30(29)45-34)7-6-22-17-23(9-11-32(22,24)2)36-31(42)35-13-14-38-16-15-37(4)18-26(38)40/h5,8,19,22-25,28-30H,6-7,9-18H2,1-4H3,(H2,35,36,42)/t22-,23+,24+,25-,28+,29-,30-,32+,33-,34-/m1/s1. The summed E-state index contributed by atoms with van der Waals surface area (Å²) in [7, 11) is 1.95. The fourth-order valence-corrected chi connectivity index (χ4v) is 10.9. The molecule has 0 radical (unpaired) electrons. The lowest BCUT2D eigenvalue weighted by molar-refractivity contribution is -0.156. The maximum Gasteiger partial charge on any atom is 0.335 e. The first-order valence-corrected chi connectivity index (χ1v) is 16.9. The molecular formula is C34H48N4O7. The number of amides is 3. The van der Waals surface area contributed by atoms with E-state index in [-0.39, 0.29) is 58.0 Å². The van der Waals surface area contributed by atoms with E-state index in [1.54, 1.807) is 6.26 Å². The molecule has 0 bridgehead atoms. The Balaban J connectivity index is 1.01. The van der Waals surface area contributed by atoms with E-state index in [2.05, 4.69) is 24.5 Å². The summed E-state index contributed by atoms with van der Waals surface area (Å²) < 4.78 is 18.0. The van der Waals surface area contributed by atoms with Crippen LogP contribution in [0.5, 0.6) is 0 Å². The average Bonchev–Trinajstić information content (AvgIpc) is 3.69. The minimum atomic E-state index is -0.405. The van der Waals surface area contributed by atoms with Gasteiger partial charge in [0.2, 0.25) is 5.91 Å². The first kappa shape index (κ1) is 30.7. The largest absolute Gasteiger partial charge is 0.459 e. The summed E-state index contributed by atoms with van der Waals surface area (Å²) in [5.41, 5.74) is 0.0672. The quantitative estimate of drug-likeness (QED) is 0.365. The molecule has 45 heavy (non-hydrogen) atoms. The van der Waals surface area contributed by atoms with Gasteiger partial charge in [0.1, 0.15) is 17.8 Å². The zero-order chi connectivity index (χ0) is 31.7. The van der Waals surface area contributed by atoms with Crippen molar-refractivity contribution >= 4 is 17.9 Å². The summed E-state index contributed by atoms with van der Waals surface area (Å²) in [5, 5.41) is 6.22. The Morgan fingerprint density at radius 3 is 2.62 bits per heavy atom. The third kappa shape index (κ3) is 4.91. The number of likely N-dealkylation sites (N-methyl/N-ethyl adjacent to an activating group) is 1. The third-order valence-electron chi connectivity index (χ3n) is 13.0. The van der Waals surface area contributed by atoms with Crippen molar-refractivity contribution in [1.82, 2.24) is 20.4 Å². The molecule has 1 aromatic heterocycles. The topological polar surface area (TPSA) is 134 Å². The monoisotopic (exact) mass is 624 g/mol. The van der Waals surface area contributed by atoms with E-state index in [9.17, 15) is 19.2 Å². The molecule has 11 nitrogen and oxygen atoms in total. The lowest BCUT2D eigenvalue weighted by Crippen LogP contribution is -2.59. The van der Waals surface area contributed by atoms with Crippen LogP contribution in [0, 0.1) is 28.6 Å². The third-order valence-corrected chi connectivity index (χ3v) is 13.0. The van der Waals surface area contributed by atoms with Crippen LogP contribution in [0.3, 0.4) is 0 Å². The molecule has 3 heterocycles. The first-order chi connectivity index (χ1) is 21.5. The van der Waals surface area contributed by atoms with Crippen molar-refractivity contribution in [2.75, 3.05) is 39.8 Å². The highest BCUT2D eigenvalue weighted by atomic mass is 16.7. The van der Waals surface area contributed by atoms with Crippen LogP contribution < -0.4 is 16.3 Å². The number of epoxide rings is 1. The molecule has 6 fully saturated rings. The van der Waals surface area contributed by atoms with Gasteiger partial charge < -0.3 is 29.4 Å². The van der Waals surface area contributed by atoms with Crippen LogP contribution >= 0.6 is 0 Å². The summed E-state index contributed by atoms with van der Waals surface area (Å²) in [6.45, 7) is 9.20. The van der Waals surface area contributed by atoms with Crippen molar-refractivity contribution in [3.8, 4) is 0 Å². The Morgan fingerprint density at radius 2 is 1.89 bits per heavy atom. The number of nitrogens with zero attached hydrogens (tertiary/aromatic N) is 2. The molecular weight excluding hydrogens is 576 g/mol. The van der Waals surface area contributed by atoms with Crippen molar-refractivity contribution in [1.29, 1.82) is 0 Å². The maximum atomic E-state index is 12.8. The maximum absolute atomic E-state index is 12.8. The number of piperazine rings is 1. The molecule has 2 N–H and O–H groups in total. The normalized spacial score (nSPS) is 42.1. The van der Waals surface area contributed by atoms with Crippen LogP contribution in [0.1, 0.15) is 77.2 Å². The van der Waals surface area contributed by atoms with E-state index in [0.717, 1.165) is 57.1 Å². The number of rotatable bonds is 6. The SMILES string of the molecule is CC(=O)O[C@H]1[C@H]2O[C@]23[C@@H]2CC[C@@H]4C[C@@H](NC(=O)NCCN5CCN(C)CC5=O)CC[C@]4(C)[C@H]2CC[C@]3(C)[C@H]1c1ccc(=O)oc1. The van der Waals surface area contributed by atoms with Crippen molar-refractivity contribution in [2.24, 2.45) is 28.6 Å². The van der Waals surface area contributed by atoms with Gasteiger partial charge in [-0.15, -0.1) is 0 Å². The summed E-state index contributed by atoms with van der Waals surface area (Å²) >= 11 is 0. The lowest BCUT2D eigenvalue weighted by atomic mass is 9.44. The number of carbonyl (C=O) groups is 3. The number of carbonyl (C=O) groups excluding carboxylic acids is 3. The molecule has 1 spiro atoms. The minimum absolute atomic E-state index is 0.0937. The number of nitrogens with one attached hydrogen (secondary N) is 2. The van der Waals surface area contributed by atoms with Gasteiger partial charge in [0.05, 0.1) is 12.8 Å². The zero-order valence-corrected chi connectivity index (χ0v) is 27.0. The highest BCUT2D eigenvalue weighted by Crippen LogP contribution is 2.78. The molecule has 246 valence electrons. The lowest BCUT2D eigenvalue weighted by Gasteiger charge is -2.61. The molecule has 4 saturated carbocycles. The van der Waals surface area contributed by atoms with Crippen molar-refractivity contribution in [3.05, 3.63) is 34.4 Å². The van der Waals surface area contributed by atoms with Crippen LogP contribution in [-0.2, 0) is 19.1 Å². The Morgan fingerprint density at radius 1 is 1.07 bits per heavy atom. The van der Waals surface area contributed by atoms with Crippen LogP contribution in [0.15, 0.2) is 27.6 Å². The second-order valence-corrected chi connectivity index (χ2v) is 15.2. The molecule has 2 saturated heterocycles.